The molecule has 4 nitrogen and oxygen atoms in total. The Labute approximate surface area is 179 Å². The van der Waals surface area contributed by atoms with Crippen LogP contribution >= 0.6 is 47.5 Å². The van der Waals surface area contributed by atoms with Crippen LogP contribution in [0, 0.1) is 0 Å². The molecule has 1 aliphatic heterocycles. The average Bonchev–Trinajstić information content (AvgIpc) is 2.61. The number of rotatable bonds is 7. The number of halogens is 1. The molecule has 25 heavy (non-hydrogen) atoms. The van der Waals surface area contributed by atoms with E-state index < -0.39 is 0 Å². The average molecular weight is 502 g/mol. The summed E-state index contributed by atoms with van der Waals surface area (Å²) in [6.07, 6.45) is 9.68. The SMILES string of the molecule is CCNC(=NCC1(SC)CCOCC1)NC1CCCC(SCC)C1.I. The largest absolute Gasteiger partial charge is 0.381 e. The summed E-state index contributed by atoms with van der Waals surface area (Å²) in [4.78, 5) is 4.96. The number of guanidine groups is 1. The zero-order valence-corrected chi connectivity index (χ0v) is 20.0. The highest BCUT2D eigenvalue weighted by molar-refractivity contribution is 14.0. The Kier molecular flexibility index (Phi) is 12.3. The van der Waals surface area contributed by atoms with Gasteiger partial charge in [-0.25, -0.2) is 0 Å². The molecule has 2 unspecified atom stereocenters. The number of nitrogens with one attached hydrogen (secondary N) is 2. The molecular weight excluding hydrogens is 465 g/mol. The fourth-order valence-electron chi connectivity index (χ4n) is 3.57. The molecule has 2 N–H and O–H groups in total. The number of hydrogen-bond acceptors (Lipinski definition) is 4. The lowest BCUT2D eigenvalue weighted by Gasteiger charge is -2.35. The van der Waals surface area contributed by atoms with Gasteiger partial charge in [-0.15, -0.1) is 24.0 Å². The Morgan fingerprint density at radius 2 is 2.00 bits per heavy atom. The van der Waals surface area contributed by atoms with Gasteiger partial charge in [-0.2, -0.15) is 23.5 Å². The second-order valence-corrected chi connectivity index (χ2v) is 9.63. The lowest BCUT2D eigenvalue weighted by atomic mass is 9.95. The van der Waals surface area contributed by atoms with E-state index in [1.165, 1.54) is 31.4 Å². The molecule has 7 heteroatoms. The fourth-order valence-corrected chi connectivity index (χ4v) is 5.51. The third-order valence-electron chi connectivity index (χ3n) is 5.08. The van der Waals surface area contributed by atoms with Crippen molar-refractivity contribution < 1.29 is 4.74 Å². The summed E-state index contributed by atoms with van der Waals surface area (Å²) >= 11 is 4.08. The highest BCUT2D eigenvalue weighted by Crippen LogP contribution is 2.34. The first-order chi connectivity index (χ1) is 11.7. The van der Waals surface area contributed by atoms with Crippen molar-refractivity contribution in [2.75, 3.05) is 38.3 Å². The summed E-state index contributed by atoms with van der Waals surface area (Å²) in [7, 11) is 0. The van der Waals surface area contributed by atoms with Crippen LogP contribution in [0.2, 0.25) is 0 Å². The third-order valence-corrected chi connectivity index (χ3v) is 7.71. The molecule has 1 saturated heterocycles. The Morgan fingerprint density at radius 3 is 2.64 bits per heavy atom. The van der Waals surface area contributed by atoms with Crippen LogP contribution in [-0.4, -0.2) is 60.3 Å². The van der Waals surface area contributed by atoms with Crippen molar-refractivity contribution in [3.05, 3.63) is 0 Å². The van der Waals surface area contributed by atoms with Gasteiger partial charge in [-0.1, -0.05) is 13.3 Å². The summed E-state index contributed by atoms with van der Waals surface area (Å²) in [6, 6.07) is 0.570. The maximum atomic E-state index is 5.54. The van der Waals surface area contributed by atoms with Crippen molar-refractivity contribution in [3.8, 4) is 0 Å². The van der Waals surface area contributed by atoms with Crippen molar-refractivity contribution in [3.63, 3.8) is 0 Å². The molecule has 0 aromatic heterocycles. The number of ether oxygens (including phenoxy) is 1. The summed E-state index contributed by atoms with van der Waals surface area (Å²) in [6.45, 7) is 7.96. The fraction of sp³-hybridized carbons (Fsp3) is 0.944. The van der Waals surface area contributed by atoms with Gasteiger partial charge in [0.2, 0.25) is 0 Å². The van der Waals surface area contributed by atoms with E-state index in [1.807, 2.05) is 11.8 Å². The van der Waals surface area contributed by atoms with Gasteiger partial charge in [-0.05, 0) is 51.0 Å². The Hall–Kier alpha value is 0.660. The molecule has 0 radical (unpaired) electrons. The summed E-state index contributed by atoms with van der Waals surface area (Å²) in [5.41, 5.74) is 0. The molecule has 1 saturated carbocycles. The Bertz CT molecular complexity index is 391. The molecule has 0 aromatic rings. The molecule has 0 bridgehead atoms. The van der Waals surface area contributed by atoms with Gasteiger partial charge in [-0.3, -0.25) is 4.99 Å². The second kappa shape index (κ2) is 12.9. The molecule has 1 heterocycles. The molecule has 2 fully saturated rings. The number of aliphatic imine (C=N–C) groups is 1. The maximum Gasteiger partial charge on any atom is 0.191 e. The zero-order chi connectivity index (χ0) is 17.3. The second-order valence-electron chi connectivity index (χ2n) is 6.78. The summed E-state index contributed by atoms with van der Waals surface area (Å²) in [5, 5.41) is 7.98. The summed E-state index contributed by atoms with van der Waals surface area (Å²) in [5.74, 6) is 2.23. The van der Waals surface area contributed by atoms with Crippen LogP contribution in [0.5, 0.6) is 0 Å². The van der Waals surface area contributed by atoms with Crippen molar-refractivity contribution in [2.24, 2.45) is 4.99 Å². The molecular formula is C18H36IN3OS2. The van der Waals surface area contributed by atoms with Crippen LogP contribution in [0.3, 0.4) is 0 Å². The van der Waals surface area contributed by atoms with Crippen molar-refractivity contribution in [1.29, 1.82) is 0 Å². The standard InChI is InChI=1S/C18H35N3OS2.HI/c1-4-19-17(20-14-18(23-3)9-11-22-12-10-18)21-15-7-6-8-16(13-15)24-5-2;/h15-16H,4-14H2,1-3H3,(H2,19,20,21);1H. The topological polar surface area (TPSA) is 45.7 Å². The quantitative estimate of drug-likeness (QED) is 0.312. The highest BCUT2D eigenvalue weighted by Gasteiger charge is 2.32. The van der Waals surface area contributed by atoms with E-state index in [-0.39, 0.29) is 28.7 Å². The van der Waals surface area contributed by atoms with Gasteiger partial charge >= 0.3 is 0 Å². The van der Waals surface area contributed by atoms with Crippen LogP contribution < -0.4 is 10.6 Å². The molecule has 2 rings (SSSR count). The molecule has 2 aliphatic rings. The minimum atomic E-state index is 0. The van der Waals surface area contributed by atoms with Crippen LogP contribution in [0.25, 0.3) is 0 Å². The van der Waals surface area contributed by atoms with Gasteiger partial charge in [0.05, 0.1) is 6.54 Å². The molecule has 0 aromatic carbocycles. The summed E-state index contributed by atoms with van der Waals surface area (Å²) < 4.78 is 5.80. The predicted octanol–water partition coefficient (Wildman–Crippen LogP) is 4.14. The van der Waals surface area contributed by atoms with E-state index in [4.69, 9.17) is 9.73 Å². The first kappa shape index (κ1) is 23.7. The van der Waals surface area contributed by atoms with Crippen LogP contribution in [0.4, 0.5) is 0 Å². The van der Waals surface area contributed by atoms with Crippen molar-refractivity contribution in [1.82, 2.24) is 10.6 Å². The first-order valence-corrected chi connectivity index (χ1v) is 11.8. The van der Waals surface area contributed by atoms with E-state index >= 15 is 0 Å². The van der Waals surface area contributed by atoms with E-state index in [9.17, 15) is 0 Å². The Morgan fingerprint density at radius 1 is 1.24 bits per heavy atom. The van der Waals surface area contributed by atoms with Crippen LogP contribution in [-0.2, 0) is 4.74 Å². The third kappa shape index (κ3) is 8.05. The lowest BCUT2D eigenvalue weighted by molar-refractivity contribution is 0.0794. The van der Waals surface area contributed by atoms with Gasteiger partial charge in [0.1, 0.15) is 0 Å². The van der Waals surface area contributed by atoms with Crippen LogP contribution in [0.15, 0.2) is 4.99 Å². The van der Waals surface area contributed by atoms with E-state index in [0.717, 1.165) is 50.4 Å². The van der Waals surface area contributed by atoms with Gasteiger partial charge in [0.25, 0.3) is 0 Å². The monoisotopic (exact) mass is 501 g/mol. The molecule has 0 amide bonds. The minimum absolute atomic E-state index is 0. The van der Waals surface area contributed by atoms with E-state index in [2.05, 4.69) is 42.5 Å². The molecule has 1 aliphatic carbocycles. The highest BCUT2D eigenvalue weighted by atomic mass is 127. The minimum Gasteiger partial charge on any atom is -0.381 e. The maximum absolute atomic E-state index is 5.54. The van der Waals surface area contributed by atoms with Gasteiger partial charge in [0, 0.05) is 35.8 Å². The normalized spacial score (nSPS) is 26.6. The van der Waals surface area contributed by atoms with Crippen molar-refractivity contribution >= 4 is 53.5 Å². The number of nitrogens with zero attached hydrogens (tertiary/aromatic N) is 1. The van der Waals surface area contributed by atoms with E-state index in [1.54, 1.807) is 0 Å². The predicted molar refractivity (Wildman–Crippen MR) is 125 cm³/mol. The van der Waals surface area contributed by atoms with Gasteiger partial charge < -0.3 is 15.4 Å². The van der Waals surface area contributed by atoms with E-state index in [0.29, 0.717) is 6.04 Å². The lowest BCUT2D eigenvalue weighted by Crippen LogP contribution is -2.46. The smallest absolute Gasteiger partial charge is 0.191 e. The molecule has 148 valence electrons. The van der Waals surface area contributed by atoms with Crippen molar-refractivity contribution in [2.45, 2.75) is 68.4 Å². The zero-order valence-electron chi connectivity index (χ0n) is 16.0. The molecule has 0 spiro atoms. The number of thioether (sulfide) groups is 2. The molecule has 2 atom stereocenters. The number of hydrogen-bond donors (Lipinski definition) is 2. The first-order valence-electron chi connectivity index (χ1n) is 9.50. The van der Waals surface area contributed by atoms with Crippen LogP contribution in [0.1, 0.15) is 52.4 Å². The van der Waals surface area contributed by atoms with Gasteiger partial charge in [0.15, 0.2) is 5.96 Å². The Balaban J connectivity index is 0.00000312.